The molecule has 0 aliphatic rings. The number of benzene rings is 2. The highest BCUT2D eigenvalue weighted by Gasteiger charge is 2.05. The maximum absolute atomic E-state index is 12.4. The molecular formula is C17H15BrN2O2. The van der Waals surface area contributed by atoms with Crippen molar-refractivity contribution in [3.63, 3.8) is 0 Å². The van der Waals surface area contributed by atoms with E-state index in [1.165, 1.54) is 0 Å². The Labute approximate surface area is 136 Å². The summed E-state index contributed by atoms with van der Waals surface area (Å²) in [6, 6.07) is 13.3. The van der Waals surface area contributed by atoms with Crippen molar-refractivity contribution in [2.75, 3.05) is 6.61 Å². The quantitative estimate of drug-likeness (QED) is 0.716. The Morgan fingerprint density at radius 1 is 1.23 bits per heavy atom. The molecule has 3 aromatic rings. The smallest absolute Gasteiger partial charge is 0.261 e. The van der Waals surface area contributed by atoms with Gasteiger partial charge in [0.25, 0.3) is 5.56 Å². The molecule has 5 heteroatoms. The molecule has 0 bridgehead atoms. The molecule has 0 amide bonds. The number of para-hydroxylation sites is 1. The van der Waals surface area contributed by atoms with Crippen LogP contribution in [0.4, 0.5) is 0 Å². The van der Waals surface area contributed by atoms with Crippen LogP contribution in [0, 0.1) is 6.92 Å². The van der Waals surface area contributed by atoms with Crippen LogP contribution in [0.5, 0.6) is 5.75 Å². The largest absolute Gasteiger partial charge is 0.492 e. The molecular weight excluding hydrogens is 344 g/mol. The fourth-order valence-corrected chi connectivity index (χ4v) is 2.69. The molecule has 2 aromatic carbocycles. The van der Waals surface area contributed by atoms with Crippen LogP contribution in [0.3, 0.4) is 0 Å². The number of hydrogen-bond donors (Lipinski definition) is 0. The average Bonchev–Trinajstić information content (AvgIpc) is 2.50. The summed E-state index contributed by atoms with van der Waals surface area (Å²) < 4.78 is 8.21. The van der Waals surface area contributed by atoms with E-state index in [1.807, 2.05) is 49.4 Å². The van der Waals surface area contributed by atoms with Gasteiger partial charge in [0.05, 0.1) is 23.8 Å². The predicted octanol–water partition coefficient (Wildman–Crippen LogP) is 3.55. The number of halogens is 1. The molecule has 0 atom stereocenters. The molecule has 22 heavy (non-hydrogen) atoms. The Morgan fingerprint density at radius 2 is 2.05 bits per heavy atom. The average molecular weight is 359 g/mol. The predicted molar refractivity (Wildman–Crippen MR) is 90.4 cm³/mol. The number of nitrogens with zero attached hydrogens (tertiary/aromatic N) is 2. The first kappa shape index (κ1) is 14.8. The van der Waals surface area contributed by atoms with E-state index >= 15 is 0 Å². The van der Waals surface area contributed by atoms with Crippen LogP contribution in [-0.2, 0) is 6.54 Å². The summed E-state index contributed by atoms with van der Waals surface area (Å²) in [5.41, 5.74) is 1.73. The number of ether oxygens (including phenoxy) is 1. The molecule has 0 aliphatic heterocycles. The second-order valence-corrected chi connectivity index (χ2v) is 5.94. The summed E-state index contributed by atoms with van der Waals surface area (Å²) in [4.78, 5) is 16.8. The monoisotopic (exact) mass is 358 g/mol. The van der Waals surface area contributed by atoms with E-state index in [2.05, 4.69) is 20.9 Å². The van der Waals surface area contributed by atoms with Crippen LogP contribution in [0.1, 0.15) is 5.56 Å². The van der Waals surface area contributed by atoms with Crippen molar-refractivity contribution in [3.05, 3.63) is 69.2 Å². The number of hydrogen-bond acceptors (Lipinski definition) is 3. The van der Waals surface area contributed by atoms with Gasteiger partial charge in [0, 0.05) is 4.47 Å². The van der Waals surface area contributed by atoms with Gasteiger partial charge in [0.1, 0.15) is 12.4 Å². The highest BCUT2D eigenvalue weighted by atomic mass is 79.9. The van der Waals surface area contributed by atoms with E-state index in [4.69, 9.17) is 4.74 Å². The topological polar surface area (TPSA) is 44.1 Å². The van der Waals surface area contributed by atoms with Crippen molar-refractivity contribution in [2.24, 2.45) is 0 Å². The summed E-state index contributed by atoms with van der Waals surface area (Å²) in [6.07, 6.45) is 1.59. The van der Waals surface area contributed by atoms with Gasteiger partial charge in [-0.3, -0.25) is 9.36 Å². The molecule has 0 saturated heterocycles. The zero-order chi connectivity index (χ0) is 15.5. The van der Waals surface area contributed by atoms with Gasteiger partial charge in [0.15, 0.2) is 0 Å². The summed E-state index contributed by atoms with van der Waals surface area (Å²) in [7, 11) is 0. The van der Waals surface area contributed by atoms with Gasteiger partial charge in [-0.1, -0.05) is 34.1 Å². The molecule has 0 radical (unpaired) electrons. The molecule has 0 fully saturated rings. The van der Waals surface area contributed by atoms with Gasteiger partial charge in [-0.15, -0.1) is 0 Å². The number of fused-ring (bicyclic) bond motifs is 1. The van der Waals surface area contributed by atoms with Crippen molar-refractivity contribution in [2.45, 2.75) is 13.5 Å². The minimum Gasteiger partial charge on any atom is -0.492 e. The van der Waals surface area contributed by atoms with E-state index in [1.54, 1.807) is 10.9 Å². The summed E-state index contributed by atoms with van der Waals surface area (Å²) in [5.74, 6) is 0.770. The molecule has 0 saturated carbocycles. The number of aromatic nitrogens is 2. The first-order chi connectivity index (χ1) is 10.6. The minimum absolute atomic E-state index is 0.0356. The fourth-order valence-electron chi connectivity index (χ4n) is 2.32. The molecule has 3 rings (SSSR count). The zero-order valence-electron chi connectivity index (χ0n) is 12.1. The van der Waals surface area contributed by atoms with Crippen molar-refractivity contribution in [1.82, 2.24) is 9.55 Å². The second kappa shape index (κ2) is 6.32. The number of aryl methyl sites for hydroxylation is 1. The lowest BCUT2D eigenvalue weighted by atomic mass is 10.1. The van der Waals surface area contributed by atoms with Gasteiger partial charge < -0.3 is 4.74 Å². The van der Waals surface area contributed by atoms with E-state index in [-0.39, 0.29) is 5.56 Å². The Kier molecular flexibility index (Phi) is 4.24. The molecule has 0 spiro atoms. The summed E-state index contributed by atoms with van der Waals surface area (Å²) >= 11 is 3.40. The van der Waals surface area contributed by atoms with E-state index in [9.17, 15) is 4.79 Å². The van der Waals surface area contributed by atoms with Gasteiger partial charge in [-0.25, -0.2) is 4.98 Å². The van der Waals surface area contributed by atoms with Crippen LogP contribution < -0.4 is 10.3 Å². The number of rotatable bonds is 4. The van der Waals surface area contributed by atoms with Crippen LogP contribution in [-0.4, -0.2) is 16.2 Å². The Balaban J connectivity index is 1.77. The van der Waals surface area contributed by atoms with Crippen molar-refractivity contribution in [1.29, 1.82) is 0 Å². The van der Waals surface area contributed by atoms with E-state index in [0.717, 1.165) is 21.3 Å². The highest BCUT2D eigenvalue weighted by molar-refractivity contribution is 9.10. The van der Waals surface area contributed by atoms with Gasteiger partial charge in [-0.2, -0.15) is 0 Å². The Morgan fingerprint density at radius 3 is 2.86 bits per heavy atom. The van der Waals surface area contributed by atoms with Crippen molar-refractivity contribution >= 4 is 26.8 Å². The maximum atomic E-state index is 12.4. The second-order valence-electron chi connectivity index (χ2n) is 5.02. The Bertz CT molecular complexity index is 874. The van der Waals surface area contributed by atoms with Gasteiger partial charge >= 0.3 is 0 Å². The first-order valence-electron chi connectivity index (χ1n) is 6.98. The van der Waals surface area contributed by atoms with Crippen LogP contribution in [0.15, 0.2) is 58.1 Å². The molecule has 0 aliphatic carbocycles. The summed E-state index contributed by atoms with van der Waals surface area (Å²) in [6.45, 7) is 2.83. The van der Waals surface area contributed by atoms with E-state index < -0.39 is 0 Å². The van der Waals surface area contributed by atoms with Gasteiger partial charge in [0.2, 0.25) is 0 Å². The molecule has 1 heterocycles. The SMILES string of the molecule is Cc1cccc2c(=O)n(CCOc3cccc(Br)c3)cnc12. The molecule has 112 valence electrons. The highest BCUT2D eigenvalue weighted by Crippen LogP contribution is 2.17. The third kappa shape index (κ3) is 3.04. The Hall–Kier alpha value is -2.14. The van der Waals surface area contributed by atoms with Crippen LogP contribution >= 0.6 is 15.9 Å². The maximum Gasteiger partial charge on any atom is 0.261 e. The lowest BCUT2D eigenvalue weighted by Gasteiger charge is -2.09. The lowest BCUT2D eigenvalue weighted by molar-refractivity contribution is 0.296. The van der Waals surface area contributed by atoms with Gasteiger partial charge in [-0.05, 0) is 36.8 Å². The normalized spacial score (nSPS) is 10.8. The molecule has 4 nitrogen and oxygen atoms in total. The fraction of sp³-hybridized carbons (Fsp3) is 0.176. The van der Waals surface area contributed by atoms with Crippen molar-refractivity contribution in [3.8, 4) is 5.75 Å². The third-order valence-corrected chi connectivity index (χ3v) is 3.95. The lowest BCUT2D eigenvalue weighted by Crippen LogP contribution is -2.23. The molecule has 0 N–H and O–H groups in total. The van der Waals surface area contributed by atoms with Crippen molar-refractivity contribution < 1.29 is 4.74 Å². The zero-order valence-corrected chi connectivity index (χ0v) is 13.7. The summed E-state index contributed by atoms with van der Waals surface area (Å²) in [5, 5.41) is 0.643. The first-order valence-corrected chi connectivity index (χ1v) is 7.77. The minimum atomic E-state index is -0.0356. The van der Waals surface area contributed by atoms with Crippen LogP contribution in [0.25, 0.3) is 10.9 Å². The third-order valence-electron chi connectivity index (χ3n) is 3.45. The molecule has 1 aromatic heterocycles. The molecule has 0 unspecified atom stereocenters. The standard InChI is InChI=1S/C17H15BrN2O2/c1-12-4-2-7-15-16(12)19-11-20(17(15)21)8-9-22-14-6-3-5-13(18)10-14/h2-7,10-11H,8-9H2,1H3. The van der Waals surface area contributed by atoms with Crippen LogP contribution in [0.2, 0.25) is 0 Å². The van der Waals surface area contributed by atoms with E-state index in [0.29, 0.717) is 18.5 Å².